The van der Waals surface area contributed by atoms with E-state index in [-0.39, 0.29) is 17.2 Å². The maximum absolute atomic E-state index is 15.2. The maximum Gasteiger partial charge on any atom is 0.240 e. The maximum atomic E-state index is 15.2. The van der Waals surface area contributed by atoms with Gasteiger partial charge in [-0.15, -0.1) is 0 Å². The smallest absolute Gasteiger partial charge is 0.240 e. The van der Waals surface area contributed by atoms with Crippen LogP contribution in [0.5, 0.6) is 17.2 Å². The number of nitrogens with zero attached hydrogens (tertiary/aromatic N) is 2. The number of Topliss-reactive ketones (excluding diaryl/α,β-unsaturated/α-hetero) is 1. The highest BCUT2D eigenvalue weighted by Crippen LogP contribution is 2.47. The minimum absolute atomic E-state index is 0.0499. The molecular weight excluding hydrogens is 620 g/mol. The first kappa shape index (κ1) is 33.0. The van der Waals surface area contributed by atoms with Gasteiger partial charge < -0.3 is 30.7 Å². The molecule has 4 N–H and O–H groups in total. The second kappa shape index (κ2) is 14.0. The molecule has 0 bridgehead atoms. The average Bonchev–Trinajstić information content (AvgIpc) is 3.86. The summed E-state index contributed by atoms with van der Waals surface area (Å²) in [4.78, 5) is 44.4. The molecule has 0 spiro atoms. The molecule has 1 saturated heterocycles. The lowest BCUT2D eigenvalue weighted by Gasteiger charge is -2.39. The van der Waals surface area contributed by atoms with E-state index in [0.29, 0.717) is 59.9 Å². The molecule has 1 aliphatic heterocycles. The number of aromatic nitrogens is 1. The quantitative estimate of drug-likeness (QED) is 0.117. The first-order chi connectivity index (χ1) is 23.1. The summed E-state index contributed by atoms with van der Waals surface area (Å²) in [7, 11) is 0. The van der Waals surface area contributed by atoms with Gasteiger partial charge in [0.15, 0.2) is 11.6 Å². The van der Waals surface area contributed by atoms with Crippen LogP contribution in [-0.4, -0.2) is 59.8 Å². The van der Waals surface area contributed by atoms with Crippen LogP contribution in [0.3, 0.4) is 0 Å². The fraction of sp³-hybridized carbons (Fsp3) is 0.333. The molecule has 1 aliphatic carbocycles. The van der Waals surface area contributed by atoms with Gasteiger partial charge in [-0.25, -0.2) is 8.78 Å². The highest BCUT2D eigenvalue weighted by atomic mass is 19.1. The predicted octanol–water partition coefficient (Wildman–Crippen LogP) is 5.67. The van der Waals surface area contributed by atoms with E-state index in [2.05, 4.69) is 20.5 Å². The molecule has 1 aromatic heterocycles. The predicted molar refractivity (Wildman–Crippen MR) is 177 cm³/mol. The zero-order valence-electron chi connectivity index (χ0n) is 26.5. The second-order valence-corrected chi connectivity index (χ2v) is 12.5. The van der Waals surface area contributed by atoms with Crippen LogP contribution < -0.4 is 25.8 Å². The molecular formula is C36H37F2N5O5. The fourth-order valence-electron chi connectivity index (χ4n) is 5.71. The molecule has 2 fully saturated rings. The number of fused-ring (bicyclic) bond motifs is 1. The minimum Gasteiger partial charge on any atom is -0.493 e. The molecule has 2 aliphatic rings. The van der Waals surface area contributed by atoms with Crippen LogP contribution in [0.25, 0.3) is 10.9 Å². The van der Waals surface area contributed by atoms with Gasteiger partial charge in [-0.3, -0.25) is 19.4 Å². The average molecular weight is 658 g/mol. The number of amides is 2. The number of hydrogen-bond donors (Lipinski definition) is 3. The van der Waals surface area contributed by atoms with Crippen molar-refractivity contribution < 1.29 is 32.6 Å². The molecule has 10 nitrogen and oxygen atoms in total. The van der Waals surface area contributed by atoms with Gasteiger partial charge in [0.2, 0.25) is 11.8 Å². The molecule has 1 atom stereocenters. The molecule has 0 radical (unpaired) electrons. The van der Waals surface area contributed by atoms with Crippen LogP contribution in [0.15, 0.2) is 72.9 Å². The Morgan fingerprint density at radius 3 is 2.35 bits per heavy atom. The monoisotopic (exact) mass is 657 g/mol. The summed E-state index contributed by atoms with van der Waals surface area (Å²) in [6.45, 7) is 4.94. The second-order valence-electron chi connectivity index (χ2n) is 12.5. The number of ether oxygens (including phenoxy) is 2. The summed E-state index contributed by atoms with van der Waals surface area (Å²) in [5.41, 5.74) is 5.55. The van der Waals surface area contributed by atoms with Gasteiger partial charge in [0.05, 0.1) is 18.2 Å². The van der Waals surface area contributed by atoms with E-state index in [4.69, 9.17) is 15.2 Å². The number of carbonyl (C=O) groups is 3. The van der Waals surface area contributed by atoms with Gasteiger partial charge in [0.25, 0.3) is 0 Å². The number of rotatable bonds is 14. The lowest BCUT2D eigenvalue weighted by Crippen LogP contribution is -2.48. The number of pyridine rings is 1. The van der Waals surface area contributed by atoms with E-state index in [9.17, 15) is 18.8 Å². The molecule has 2 amide bonds. The summed E-state index contributed by atoms with van der Waals surface area (Å²) in [6.07, 6.45) is 3.63. The molecule has 12 heteroatoms. The van der Waals surface area contributed by atoms with Crippen molar-refractivity contribution in [2.24, 2.45) is 17.1 Å². The Morgan fingerprint density at radius 2 is 1.67 bits per heavy atom. The van der Waals surface area contributed by atoms with Crippen LogP contribution >= 0.6 is 0 Å². The normalized spacial score (nSPS) is 16.1. The lowest BCUT2D eigenvalue weighted by molar-refractivity contribution is -0.131. The lowest BCUT2D eigenvalue weighted by atomic mass is 9.92. The standard InChI is InChI=1S/C36H37F2N5O5/c1-22(39)31(44)17-23-20-43(21-23)15-2-16-47-27-8-9-28-30(19-27)40-14-11-32(28)48-33-10-7-26(18-29(33)38)42-35(46)36(12-13-36)34(45)41-25-5-3-24(37)4-6-25/h3-11,14,18-19,22-23H,2,12-13,15-17,20-21,39H2,1H3,(H,41,45)(H,42,46). The van der Waals surface area contributed by atoms with Crippen molar-refractivity contribution in [1.29, 1.82) is 0 Å². The SMILES string of the molecule is CC(N)C(=O)CC1CN(CCCOc2ccc3c(Oc4ccc(NC(=O)C5(C(=O)Nc6ccc(F)cc6)CC5)cc4F)ccnc3c2)C1. The third-order valence-corrected chi connectivity index (χ3v) is 8.72. The molecule has 1 saturated carbocycles. The van der Waals surface area contributed by atoms with Crippen molar-refractivity contribution in [3.05, 3.63) is 84.6 Å². The highest BCUT2D eigenvalue weighted by Gasteiger charge is 2.56. The molecule has 3 aromatic carbocycles. The van der Waals surface area contributed by atoms with Gasteiger partial charge in [-0.1, -0.05) is 0 Å². The number of likely N-dealkylation sites (tertiary alicyclic amines) is 1. The van der Waals surface area contributed by atoms with Crippen molar-refractivity contribution in [3.8, 4) is 17.2 Å². The van der Waals surface area contributed by atoms with Crippen molar-refractivity contribution in [1.82, 2.24) is 9.88 Å². The minimum atomic E-state index is -1.27. The topological polar surface area (TPSA) is 136 Å². The van der Waals surface area contributed by atoms with E-state index < -0.39 is 34.9 Å². The highest BCUT2D eigenvalue weighted by molar-refractivity contribution is 6.16. The van der Waals surface area contributed by atoms with Crippen molar-refractivity contribution in [2.45, 2.75) is 38.6 Å². The van der Waals surface area contributed by atoms with E-state index in [1.807, 2.05) is 6.07 Å². The van der Waals surface area contributed by atoms with Crippen LogP contribution in [0.4, 0.5) is 20.2 Å². The summed E-state index contributed by atoms with van der Waals surface area (Å²) in [5, 5.41) is 5.95. The summed E-state index contributed by atoms with van der Waals surface area (Å²) < 4.78 is 40.2. The van der Waals surface area contributed by atoms with E-state index in [1.54, 1.807) is 31.3 Å². The largest absolute Gasteiger partial charge is 0.493 e. The first-order valence-corrected chi connectivity index (χ1v) is 16.0. The Bertz CT molecular complexity index is 1820. The zero-order valence-corrected chi connectivity index (χ0v) is 26.5. The zero-order chi connectivity index (χ0) is 33.8. The van der Waals surface area contributed by atoms with Gasteiger partial charge in [0.1, 0.15) is 28.5 Å². The van der Waals surface area contributed by atoms with Crippen LogP contribution in [-0.2, 0) is 14.4 Å². The van der Waals surface area contributed by atoms with Gasteiger partial charge in [-0.2, -0.15) is 0 Å². The van der Waals surface area contributed by atoms with Crippen molar-refractivity contribution in [3.63, 3.8) is 0 Å². The third-order valence-electron chi connectivity index (χ3n) is 8.72. The Labute approximate surface area is 276 Å². The number of carbonyl (C=O) groups excluding carboxylic acids is 3. The number of benzene rings is 3. The van der Waals surface area contributed by atoms with Gasteiger partial charge in [-0.05, 0) is 86.7 Å². The fourth-order valence-corrected chi connectivity index (χ4v) is 5.71. The number of hydrogen-bond acceptors (Lipinski definition) is 8. The van der Waals surface area contributed by atoms with E-state index in [0.717, 1.165) is 32.1 Å². The Morgan fingerprint density at radius 1 is 0.958 bits per heavy atom. The van der Waals surface area contributed by atoms with E-state index in [1.165, 1.54) is 36.4 Å². The summed E-state index contributed by atoms with van der Waals surface area (Å²) >= 11 is 0. The van der Waals surface area contributed by atoms with Crippen molar-refractivity contribution in [2.75, 3.05) is 36.9 Å². The number of halogens is 2. The number of anilines is 2. The number of nitrogens with two attached hydrogens (primary N) is 1. The third kappa shape index (κ3) is 7.61. The Hall–Kier alpha value is -4.94. The molecule has 4 aromatic rings. The molecule has 2 heterocycles. The molecule has 6 rings (SSSR count). The van der Waals surface area contributed by atoms with Gasteiger partial charge >= 0.3 is 0 Å². The van der Waals surface area contributed by atoms with Crippen LogP contribution in [0.1, 0.15) is 32.6 Å². The number of ketones is 1. The summed E-state index contributed by atoms with van der Waals surface area (Å²) in [6, 6.07) is 16.0. The molecule has 48 heavy (non-hydrogen) atoms. The first-order valence-electron chi connectivity index (χ1n) is 16.0. The molecule has 250 valence electrons. The number of nitrogens with one attached hydrogen (secondary N) is 2. The van der Waals surface area contributed by atoms with Crippen molar-refractivity contribution >= 4 is 39.9 Å². The molecule has 1 unspecified atom stereocenters. The van der Waals surface area contributed by atoms with Gasteiger partial charge in [0, 0.05) is 61.1 Å². The Kier molecular flexibility index (Phi) is 9.65. The van der Waals surface area contributed by atoms with Crippen LogP contribution in [0, 0.1) is 23.0 Å². The summed E-state index contributed by atoms with van der Waals surface area (Å²) in [5.74, 6) is -0.692. The Balaban J connectivity index is 1.00. The van der Waals surface area contributed by atoms with Crippen LogP contribution in [0.2, 0.25) is 0 Å². The van der Waals surface area contributed by atoms with E-state index >= 15 is 4.39 Å².